The van der Waals surface area contributed by atoms with Gasteiger partial charge in [0.05, 0.1) is 41.3 Å². The Bertz CT molecular complexity index is 1120. The Kier molecular flexibility index (Phi) is 7.19. The molecule has 0 saturated heterocycles. The van der Waals surface area contributed by atoms with Gasteiger partial charge in [0.1, 0.15) is 11.5 Å². The number of halogens is 4. The zero-order valence-electron chi connectivity index (χ0n) is 17.0. The smallest absolute Gasteiger partial charge is 0.416 e. The molecule has 7 nitrogen and oxygen atoms in total. The fourth-order valence-electron chi connectivity index (χ4n) is 2.58. The van der Waals surface area contributed by atoms with Crippen LogP contribution in [-0.2, 0) is 11.0 Å². The number of anilines is 1. The van der Waals surface area contributed by atoms with E-state index in [0.29, 0.717) is 17.1 Å². The van der Waals surface area contributed by atoms with Crippen molar-refractivity contribution in [2.75, 3.05) is 19.5 Å². The first-order valence-corrected chi connectivity index (χ1v) is 10.3. The molecule has 2 aromatic carbocycles. The Morgan fingerprint density at radius 2 is 1.91 bits per heavy atom. The Morgan fingerprint density at radius 3 is 2.56 bits per heavy atom. The van der Waals surface area contributed by atoms with Crippen molar-refractivity contribution in [2.45, 2.75) is 23.6 Å². The first kappa shape index (κ1) is 23.7. The summed E-state index contributed by atoms with van der Waals surface area (Å²) in [6.07, 6.45) is -4.56. The van der Waals surface area contributed by atoms with Crippen LogP contribution in [0.4, 0.5) is 18.9 Å². The first-order valence-electron chi connectivity index (χ1n) is 9.02. The van der Waals surface area contributed by atoms with Gasteiger partial charge in [-0.3, -0.25) is 4.79 Å². The molecule has 32 heavy (non-hydrogen) atoms. The van der Waals surface area contributed by atoms with E-state index in [1.807, 2.05) is 0 Å². The summed E-state index contributed by atoms with van der Waals surface area (Å²) in [4.78, 5) is 12.5. The standard InChI is InChI=1S/C20H17ClF3N3O4S/c1-10(17(28)25-15-8-11(20(22,23)24)4-7-14(15)21)32-19-27-26-18(31-19)13-6-5-12(29-2)9-16(13)30-3/h4-10H,1-3H3,(H,25,28)/t10-/m0/s1. The second-order valence-corrected chi connectivity index (χ2v) is 8.08. The molecule has 0 radical (unpaired) electrons. The minimum Gasteiger partial charge on any atom is -0.497 e. The van der Waals surface area contributed by atoms with Crippen LogP contribution in [0, 0.1) is 0 Å². The van der Waals surface area contributed by atoms with E-state index in [4.69, 9.17) is 25.5 Å². The Morgan fingerprint density at radius 1 is 1.16 bits per heavy atom. The van der Waals surface area contributed by atoms with Crippen LogP contribution in [0.1, 0.15) is 12.5 Å². The highest BCUT2D eigenvalue weighted by molar-refractivity contribution is 8.00. The molecule has 0 unspecified atom stereocenters. The van der Waals surface area contributed by atoms with E-state index in [1.54, 1.807) is 25.1 Å². The van der Waals surface area contributed by atoms with Crippen LogP contribution in [-0.4, -0.2) is 35.6 Å². The fourth-order valence-corrected chi connectivity index (χ4v) is 3.43. The molecule has 3 rings (SSSR count). The summed E-state index contributed by atoms with van der Waals surface area (Å²) in [5, 5.41) is 9.57. The number of ether oxygens (including phenoxy) is 2. The van der Waals surface area contributed by atoms with Crippen LogP contribution in [0.5, 0.6) is 11.5 Å². The third kappa shape index (κ3) is 5.46. The number of hydrogen-bond acceptors (Lipinski definition) is 7. The molecule has 0 fully saturated rings. The van der Waals surface area contributed by atoms with Gasteiger partial charge in [-0.05, 0) is 37.3 Å². The number of amides is 1. The zero-order valence-corrected chi connectivity index (χ0v) is 18.6. The molecule has 0 spiro atoms. The van der Waals surface area contributed by atoms with Crippen LogP contribution in [0.2, 0.25) is 5.02 Å². The summed E-state index contributed by atoms with van der Waals surface area (Å²) >= 11 is 6.87. The minimum absolute atomic E-state index is 0.0183. The summed E-state index contributed by atoms with van der Waals surface area (Å²) < 4.78 is 54.8. The molecule has 3 aromatic rings. The van der Waals surface area contributed by atoms with Gasteiger partial charge in [0.25, 0.3) is 11.1 Å². The quantitative estimate of drug-likeness (QED) is 0.437. The van der Waals surface area contributed by atoms with Crippen LogP contribution in [0.25, 0.3) is 11.5 Å². The lowest BCUT2D eigenvalue weighted by molar-refractivity contribution is -0.137. The van der Waals surface area contributed by atoms with Crippen LogP contribution >= 0.6 is 23.4 Å². The molecule has 1 amide bonds. The molecular formula is C20H17ClF3N3O4S. The van der Waals surface area contributed by atoms with Crippen molar-refractivity contribution in [2.24, 2.45) is 0 Å². The average molecular weight is 488 g/mol. The van der Waals surface area contributed by atoms with Crippen molar-refractivity contribution in [1.82, 2.24) is 10.2 Å². The molecule has 0 aliphatic rings. The molecule has 0 aliphatic carbocycles. The van der Waals surface area contributed by atoms with Gasteiger partial charge in [-0.15, -0.1) is 10.2 Å². The molecule has 1 atom stereocenters. The van der Waals surface area contributed by atoms with Gasteiger partial charge in [-0.1, -0.05) is 23.4 Å². The van der Waals surface area contributed by atoms with Crippen molar-refractivity contribution >= 4 is 35.0 Å². The summed E-state index contributed by atoms with van der Waals surface area (Å²) in [6.45, 7) is 1.54. The predicted molar refractivity (Wildman–Crippen MR) is 113 cm³/mol. The van der Waals surface area contributed by atoms with E-state index < -0.39 is 22.9 Å². The van der Waals surface area contributed by atoms with Crippen molar-refractivity contribution in [3.05, 3.63) is 47.0 Å². The number of thioether (sulfide) groups is 1. The number of nitrogens with zero attached hydrogens (tertiary/aromatic N) is 2. The largest absolute Gasteiger partial charge is 0.497 e. The van der Waals surface area contributed by atoms with E-state index in [1.165, 1.54) is 14.2 Å². The number of alkyl halides is 3. The summed E-state index contributed by atoms with van der Waals surface area (Å²) in [5.41, 5.74) is -0.541. The zero-order chi connectivity index (χ0) is 23.5. The van der Waals surface area contributed by atoms with Crippen molar-refractivity contribution < 1.29 is 31.9 Å². The van der Waals surface area contributed by atoms with Crippen LogP contribution in [0.3, 0.4) is 0 Å². The topological polar surface area (TPSA) is 86.5 Å². The van der Waals surface area contributed by atoms with Gasteiger partial charge < -0.3 is 19.2 Å². The van der Waals surface area contributed by atoms with Gasteiger partial charge in [0, 0.05) is 6.07 Å². The van der Waals surface area contributed by atoms with Crippen LogP contribution in [0.15, 0.2) is 46.0 Å². The first-order chi connectivity index (χ1) is 15.1. The van der Waals surface area contributed by atoms with E-state index in [2.05, 4.69) is 15.5 Å². The van der Waals surface area contributed by atoms with Crippen LogP contribution < -0.4 is 14.8 Å². The predicted octanol–water partition coefficient (Wildman–Crippen LogP) is 5.55. The number of aromatic nitrogens is 2. The molecule has 1 aromatic heterocycles. The molecule has 1 heterocycles. The van der Waals surface area contributed by atoms with E-state index >= 15 is 0 Å². The fraction of sp³-hybridized carbons (Fsp3) is 0.250. The number of rotatable bonds is 7. The van der Waals surface area contributed by atoms with Gasteiger partial charge in [-0.25, -0.2) is 0 Å². The highest BCUT2D eigenvalue weighted by Gasteiger charge is 2.31. The van der Waals surface area contributed by atoms with E-state index in [9.17, 15) is 18.0 Å². The highest BCUT2D eigenvalue weighted by atomic mass is 35.5. The van der Waals surface area contributed by atoms with Gasteiger partial charge >= 0.3 is 6.18 Å². The minimum atomic E-state index is -4.56. The Labute approximate surface area is 190 Å². The molecule has 0 bridgehead atoms. The number of methoxy groups -OCH3 is 2. The third-order valence-electron chi connectivity index (χ3n) is 4.24. The summed E-state index contributed by atoms with van der Waals surface area (Å²) in [7, 11) is 3.00. The number of benzene rings is 2. The number of hydrogen-bond donors (Lipinski definition) is 1. The van der Waals surface area contributed by atoms with E-state index in [-0.39, 0.29) is 21.8 Å². The maximum absolute atomic E-state index is 12.9. The molecule has 1 N–H and O–H groups in total. The number of nitrogens with one attached hydrogen (secondary N) is 1. The van der Waals surface area contributed by atoms with Crippen molar-refractivity contribution in [3.8, 4) is 23.0 Å². The Balaban J connectivity index is 1.72. The lowest BCUT2D eigenvalue weighted by Gasteiger charge is -2.13. The maximum Gasteiger partial charge on any atom is 0.416 e. The highest BCUT2D eigenvalue weighted by Crippen LogP contribution is 2.36. The number of carbonyl (C=O) groups is 1. The molecular weight excluding hydrogens is 471 g/mol. The third-order valence-corrected chi connectivity index (χ3v) is 5.51. The monoisotopic (exact) mass is 487 g/mol. The molecule has 0 aliphatic heterocycles. The second-order valence-electron chi connectivity index (χ2n) is 6.38. The Hall–Kier alpha value is -2.92. The van der Waals surface area contributed by atoms with Crippen molar-refractivity contribution in [1.29, 1.82) is 0 Å². The lowest BCUT2D eigenvalue weighted by Crippen LogP contribution is -2.23. The summed E-state index contributed by atoms with van der Waals surface area (Å²) in [6, 6.07) is 7.72. The number of carbonyl (C=O) groups excluding carboxylic acids is 1. The molecule has 0 saturated carbocycles. The normalized spacial score (nSPS) is 12.3. The van der Waals surface area contributed by atoms with Gasteiger partial charge in [0.15, 0.2) is 0 Å². The average Bonchev–Trinajstić information content (AvgIpc) is 3.22. The van der Waals surface area contributed by atoms with Gasteiger partial charge in [0.2, 0.25) is 5.91 Å². The summed E-state index contributed by atoms with van der Waals surface area (Å²) in [5.74, 6) is 0.617. The maximum atomic E-state index is 12.9. The second kappa shape index (κ2) is 9.70. The van der Waals surface area contributed by atoms with E-state index in [0.717, 1.165) is 30.0 Å². The van der Waals surface area contributed by atoms with Crippen molar-refractivity contribution in [3.63, 3.8) is 0 Å². The van der Waals surface area contributed by atoms with Gasteiger partial charge in [-0.2, -0.15) is 13.2 Å². The molecule has 170 valence electrons. The molecule has 12 heteroatoms. The SMILES string of the molecule is COc1ccc(-c2nnc(S[C@@H](C)C(=O)Nc3cc(C(F)(F)F)ccc3Cl)o2)c(OC)c1. The lowest BCUT2D eigenvalue weighted by atomic mass is 10.2.